The maximum Gasteiger partial charge on any atom is 0.226 e. The Kier molecular flexibility index (Phi) is 4.22. The van der Waals surface area contributed by atoms with E-state index in [2.05, 4.69) is 0 Å². The largest absolute Gasteiger partial charge is 0.387 e. The van der Waals surface area contributed by atoms with E-state index < -0.39 is 6.10 Å². The maximum absolute atomic E-state index is 12.0. The van der Waals surface area contributed by atoms with E-state index in [0.29, 0.717) is 6.42 Å². The summed E-state index contributed by atoms with van der Waals surface area (Å²) in [5.74, 6) is 0.182. The number of anilines is 1. The van der Waals surface area contributed by atoms with Gasteiger partial charge in [-0.15, -0.1) is 0 Å². The fraction of sp³-hybridized carbons (Fsp3) is 0.533. The van der Waals surface area contributed by atoms with Crippen molar-refractivity contribution in [3.63, 3.8) is 0 Å². The number of rotatable bonds is 4. The van der Waals surface area contributed by atoms with Crippen molar-refractivity contribution in [2.75, 3.05) is 11.4 Å². The molecule has 4 heteroatoms. The third-order valence-corrected chi connectivity index (χ3v) is 3.60. The Balaban J connectivity index is 2.23. The molecule has 104 valence electrons. The van der Waals surface area contributed by atoms with Crippen LogP contribution in [-0.2, 0) is 11.2 Å². The summed E-state index contributed by atoms with van der Waals surface area (Å²) in [7, 11) is 0. The van der Waals surface area contributed by atoms with Crippen LogP contribution in [0.25, 0.3) is 0 Å². The summed E-state index contributed by atoms with van der Waals surface area (Å²) >= 11 is 0. The van der Waals surface area contributed by atoms with Crippen LogP contribution >= 0.6 is 0 Å². The molecule has 0 saturated carbocycles. The number of benzene rings is 1. The number of carbonyl (C=O) groups is 1. The molecule has 1 aliphatic rings. The number of nitrogens with zero attached hydrogens (tertiary/aromatic N) is 1. The Morgan fingerprint density at radius 3 is 2.89 bits per heavy atom. The smallest absolute Gasteiger partial charge is 0.226 e. The van der Waals surface area contributed by atoms with Crippen molar-refractivity contribution in [1.29, 1.82) is 0 Å². The first kappa shape index (κ1) is 14.0. The molecule has 1 heterocycles. The van der Waals surface area contributed by atoms with E-state index in [1.54, 1.807) is 6.92 Å². The van der Waals surface area contributed by atoms with E-state index >= 15 is 0 Å². The highest BCUT2D eigenvalue weighted by Crippen LogP contribution is 2.31. The molecule has 0 radical (unpaired) electrons. The van der Waals surface area contributed by atoms with Gasteiger partial charge in [0.2, 0.25) is 5.91 Å². The molecule has 0 aliphatic carbocycles. The summed E-state index contributed by atoms with van der Waals surface area (Å²) in [6, 6.07) is 5.47. The number of carbonyl (C=O) groups excluding carboxylic acids is 1. The zero-order valence-corrected chi connectivity index (χ0v) is 11.6. The fourth-order valence-corrected chi connectivity index (χ4v) is 2.52. The third kappa shape index (κ3) is 2.80. The van der Waals surface area contributed by atoms with Crippen LogP contribution in [-0.4, -0.2) is 23.6 Å². The van der Waals surface area contributed by atoms with E-state index in [1.807, 2.05) is 30.0 Å². The van der Waals surface area contributed by atoms with E-state index in [1.165, 1.54) is 0 Å². The van der Waals surface area contributed by atoms with Gasteiger partial charge < -0.3 is 15.7 Å². The van der Waals surface area contributed by atoms with Crippen LogP contribution in [0.3, 0.4) is 0 Å². The highest BCUT2D eigenvalue weighted by Gasteiger charge is 2.25. The lowest BCUT2D eigenvalue weighted by atomic mass is 10.0. The molecule has 2 unspecified atom stereocenters. The SMILES string of the molecule is CCCC(=O)N1CCc2cc(C(O)C(C)N)ccc21. The molecular formula is C15H22N2O2. The number of hydrogen-bond acceptors (Lipinski definition) is 3. The summed E-state index contributed by atoms with van der Waals surface area (Å²) < 4.78 is 0. The van der Waals surface area contributed by atoms with Crippen LogP contribution in [0.4, 0.5) is 5.69 Å². The molecule has 4 nitrogen and oxygen atoms in total. The number of nitrogens with two attached hydrogens (primary N) is 1. The molecule has 1 aromatic rings. The molecule has 1 aromatic carbocycles. The number of hydrogen-bond donors (Lipinski definition) is 2. The van der Waals surface area contributed by atoms with Crippen molar-refractivity contribution in [2.45, 2.75) is 45.3 Å². The van der Waals surface area contributed by atoms with E-state index in [4.69, 9.17) is 5.73 Å². The number of aliphatic hydroxyl groups is 1. The Bertz CT molecular complexity index is 471. The quantitative estimate of drug-likeness (QED) is 0.869. The summed E-state index contributed by atoms with van der Waals surface area (Å²) in [5.41, 5.74) is 8.66. The molecule has 1 aliphatic heterocycles. The lowest BCUT2D eigenvalue weighted by Gasteiger charge is -2.19. The lowest BCUT2D eigenvalue weighted by molar-refractivity contribution is -0.118. The van der Waals surface area contributed by atoms with Crippen LogP contribution < -0.4 is 10.6 Å². The van der Waals surface area contributed by atoms with Gasteiger partial charge in [-0.05, 0) is 37.0 Å². The van der Waals surface area contributed by atoms with Gasteiger partial charge in [0.1, 0.15) is 0 Å². The first-order valence-corrected chi connectivity index (χ1v) is 6.91. The summed E-state index contributed by atoms with van der Waals surface area (Å²) in [6.45, 7) is 4.54. The average molecular weight is 262 g/mol. The van der Waals surface area contributed by atoms with Crippen molar-refractivity contribution >= 4 is 11.6 Å². The van der Waals surface area contributed by atoms with E-state index in [0.717, 1.165) is 36.2 Å². The fourth-order valence-electron chi connectivity index (χ4n) is 2.52. The standard InChI is InChI=1S/C15H22N2O2/c1-3-4-14(18)17-8-7-11-9-12(5-6-13(11)17)15(19)10(2)16/h5-6,9-10,15,19H,3-4,7-8,16H2,1-2H3. The Morgan fingerprint density at radius 2 is 2.26 bits per heavy atom. The van der Waals surface area contributed by atoms with Crippen molar-refractivity contribution in [2.24, 2.45) is 5.73 Å². The molecule has 19 heavy (non-hydrogen) atoms. The Morgan fingerprint density at radius 1 is 1.53 bits per heavy atom. The Labute approximate surface area is 114 Å². The molecule has 3 N–H and O–H groups in total. The number of aliphatic hydroxyl groups excluding tert-OH is 1. The van der Waals surface area contributed by atoms with Gasteiger partial charge in [-0.2, -0.15) is 0 Å². The minimum Gasteiger partial charge on any atom is -0.387 e. The number of amides is 1. The third-order valence-electron chi connectivity index (χ3n) is 3.60. The van der Waals surface area contributed by atoms with Gasteiger partial charge in [0.25, 0.3) is 0 Å². The molecule has 2 rings (SSSR count). The molecule has 0 fully saturated rings. The summed E-state index contributed by atoms with van der Waals surface area (Å²) in [6.07, 6.45) is 1.66. The van der Waals surface area contributed by atoms with Crippen molar-refractivity contribution in [1.82, 2.24) is 0 Å². The maximum atomic E-state index is 12.0. The molecule has 0 aromatic heterocycles. The molecular weight excluding hydrogens is 240 g/mol. The summed E-state index contributed by atoms with van der Waals surface area (Å²) in [4.78, 5) is 13.8. The van der Waals surface area contributed by atoms with Gasteiger partial charge in [-0.1, -0.05) is 19.1 Å². The minimum atomic E-state index is -0.648. The van der Waals surface area contributed by atoms with Gasteiger partial charge in [0.05, 0.1) is 6.10 Å². The van der Waals surface area contributed by atoms with Crippen molar-refractivity contribution < 1.29 is 9.90 Å². The van der Waals surface area contributed by atoms with Gasteiger partial charge in [-0.3, -0.25) is 4.79 Å². The van der Waals surface area contributed by atoms with Crippen LogP contribution in [0.15, 0.2) is 18.2 Å². The second kappa shape index (κ2) is 5.72. The van der Waals surface area contributed by atoms with E-state index in [-0.39, 0.29) is 11.9 Å². The monoisotopic (exact) mass is 262 g/mol. The first-order chi connectivity index (χ1) is 9.04. The van der Waals surface area contributed by atoms with Crippen LogP contribution in [0, 0.1) is 0 Å². The van der Waals surface area contributed by atoms with E-state index in [9.17, 15) is 9.90 Å². The van der Waals surface area contributed by atoms with Crippen LogP contribution in [0.5, 0.6) is 0 Å². The van der Waals surface area contributed by atoms with Crippen LogP contribution in [0.1, 0.15) is 43.9 Å². The number of fused-ring (bicyclic) bond motifs is 1. The normalized spacial score (nSPS) is 17.2. The lowest BCUT2D eigenvalue weighted by Crippen LogP contribution is -2.28. The second-order valence-corrected chi connectivity index (χ2v) is 5.24. The highest BCUT2D eigenvalue weighted by atomic mass is 16.3. The predicted molar refractivity (Wildman–Crippen MR) is 76.0 cm³/mol. The van der Waals surface area contributed by atoms with Gasteiger partial charge in [0.15, 0.2) is 0 Å². The summed E-state index contributed by atoms with van der Waals surface area (Å²) in [5, 5.41) is 9.98. The van der Waals surface area contributed by atoms with Crippen molar-refractivity contribution in [3.8, 4) is 0 Å². The van der Waals surface area contributed by atoms with Crippen molar-refractivity contribution in [3.05, 3.63) is 29.3 Å². The minimum absolute atomic E-state index is 0.182. The molecule has 1 amide bonds. The Hall–Kier alpha value is -1.39. The molecule has 0 saturated heterocycles. The topological polar surface area (TPSA) is 66.6 Å². The zero-order valence-electron chi connectivity index (χ0n) is 11.6. The molecule has 2 atom stereocenters. The molecule has 0 bridgehead atoms. The van der Waals surface area contributed by atoms with Gasteiger partial charge >= 0.3 is 0 Å². The average Bonchev–Trinajstić information content (AvgIpc) is 2.80. The van der Waals surface area contributed by atoms with Gasteiger partial charge in [0, 0.05) is 24.7 Å². The molecule has 0 spiro atoms. The predicted octanol–water partition coefficient (Wildman–Crippen LogP) is 1.76. The highest BCUT2D eigenvalue weighted by molar-refractivity contribution is 5.95. The van der Waals surface area contributed by atoms with Gasteiger partial charge in [-0.25, -0.2) is 0 Å². The van der Waals surface area contributed by atoms with Crippen LogP contribution in [0.2, 0.25) is 0 Å². The second-order valence-electron chi connectivity index (χ2n) is 5.24. The first-order valence-electron chi connectivity index (χ1n) is 6.91. The zero-order chi connectivity index (χ0) is 14.0.